The van der Waals surface area contributed by atoms with Crippen LogP contribution >= 0.6 is 23.5 Å². The lowest BCUT2D eigenvalue weighted by atomic mass is 9.70. The van der Waals surface area contributed by atoms with Gasteiger partial charge < -0.3 is 10.2 Å². The number of hydrogen-bond acceptors (Lipinski definition) is 6. The maximum atomic E-state index is 15.2. The van der Waals surface area contributed by atoms with Gasteiger partial charge in [-0.25, -0.2) is 0 Å². The van der Waals surface area contributed by atoms with E-state index in [1.165, 1.54) is 74.9 Å². The molecule has 0 amide bonds. The van der Waals surface area contributed by atoms with E-state index in [9.17, 15) is 15.0 Å². The third kappa shape index (κ3) is 10.0. The van der Waals surface area contributed by atoms with E-state index in [2.05, 4.69) is 40.7 Å². The second-order valence-electron chi connectivity index (χ2n) is 16.3. The molecule has 3 aromatic carbocycles. The molecule has 290 valence electrons. The second kappa shape index (κ2) is 19.7. The van der Waals surface area contributed by atoms with Gasteiger partial charge in [0.05, 0.1) is 11.5 Å². The van der Waals surface area contributed by atoms with Crippen molar-refractivity contribution in [3.05, 3.63) is 106 Å². The minimum absolute atomic E-state index is 0.0850. The summed E-state index contributed by atoms with van der Waals surface area (Å²) >= 11 is 2.76. The zero-order chi connectivity index (χ0) is 38.7. The number of phenols is 1. The summed E-state index contributed by atoms with van der Waals surface area (Å²) in [7, 11) is 0. The third-order valence-corrected chi connectivity index (χ3v) is 13.4. The monoisotopic (exact) mass is 766 g/mol. The van der Waals surface area contributed by atoms with Crippen LogP contribution in [0.5, 0.6) is 5.75 Å². The van der Waals surface area contributed by atoms with Crippen molar-refractivity contribution in [2.24, 2.45) is 5.92 Å². The minimum Gasteiger partial charge on any atom is -0.507 e. The molecule has 2 aliphatic carbocycles. The standard InChI is InChI=1S/C48H62O4S2/c1-6-8-10-12-14-16-19-25-34-33-40(53-36-27-21-18-22-28-36)41-42(44(34)49)45(50)37-32-31-35(26-20-17-15-13-11-9-7-2)48(52,43(37)46(41)51)54-39-30-24-23-29-38(39)47(3,4)5/h18,21-24,27-33,43,49,52H,6-17,19-20,25-26H2,1-5H3. The Labute approximate surface area is 333 Å². The molecule has 54 heavy (non-hydrogen) atoms. The first-order valence-corrected chi connectivity index (χ1v) is 22.3. The fraction of sp³-hybridized carbons (Fsp3) is 0.500. The van der Waals surface area contributed by atoms with Gasteiger partial charge >= 0.3 is 0 Å². The SMILES string of the molecule is CCCCCCCCCC1=CC=C2C(=O)c3c(O)c(CCCCCCCCC)cc(Sc4ccccc4)c3C(=O)C2C1(O)Sc1ccccc1C(C)(C)C. The largest absolute Gasteiger partial charge is 0.507 e. The van der Waals surface area contributed by atoms with E-state index in [0.717, 1.165) is 59.5 Å². The van der Waals surface area contributed by atoms with Crippen LogP contribution in [0.15, 0.2) is 98.6 Å². The summed E-state index contributed by atoms with van der Waals surface area (Å²) in [6, 6.07) is 19.9. The molecule has 3 aromatic rings. The van der Waals surface area contributed by atoms with Gasteiger partial charge in [0.2, 0.25) is 0 Å². The van der Waals surface area contributed by atoms with Gasteiger partial charge in [0.15, 0.2) is 16.5 Å². The van der Waals surface area contributed by atoms with Crippen molar-refractivity contribution in [1.82, 2.24) is 0 Å². The van der Waals surface area contributed by atoms with E-state index in [1.807, 2.05) is 60.7 Å². The molecule has 0 bridgehead atoms. The molecule has 0 aromatic heterocycles. The normalized spacial score (nSPS) is 18.3. The molecular formula is C48H62O4S2. The topological polar surface area (TPSA) is 74.6 Å². The first-order chi connectivity index (χ1) is 26.0. The maximum absolute atomic E-state index is 15.2. The molecule has 0 heterocycles. The van der Waals surface area contributed by atoms with Crippen molar-refractivity contribution in [2.45, 2.75) is 162 Å². The lowest BCUT2D eigenvalue weighted by Gasteiger charge is -2.43. The van der Waals surface area contributed by atoms with Crippen LogP contribution in [0, 0.1) is 5.92 Å². The van der Waals surface area contributed by atoms with Crippen LogP contribution in [0.3, 0.4) is 0 Å². The number of aryl methyl sites for hydroxylation is 1. The Kier molecular flexibility index (Phi) is 15.3. The molecule has 0 fully saturated rings. The summed E-state index contributed by atoms with van der Waals surface area (Å²) in [6.07, 6.45) is 20.9. The Morgan fingerprint density at radius 3 is 1.89 bits per heavy atom. The van der Waals surface area contributed by atoms with Crippen LogP contribution in [-0.4, -0.2) is 26.7 Å². The van der Waals surface area contributed by atoms with Gasteiger partial charge in [-0.2, -0.15) is 0 Å². The van der Waals surface area contributed by atoms with E-state index in [1.54, 1.807) is 6.08 Å². The van der Waals surface area contributed by atoms with Crippen molar-refractivity contribution in [3.8, 4) is 5.75 Å². The fourth-order valence-electron chi connectivity index (χ4n) is 7.94. The Morgan fingerprint density at radius 2 is 1.26 bits per heavy atom. The molecule has 2 unspecified atom stereocenters. The van der Waals surface area contributed by atoms with Gasteiger partial charge in [0.1, 0.15) is 5.75 Å². The number of aromatic hydroxyl groups is 1. The van der Waals surface area contributed by atoms with Gasteiger partial charge in [-0.15, -0.1) is 0 Å². The molecular weight excluding hydrogens is 705 g/mol. The van der Waals surface area contributed by atoms with Crippen LogP contribution in [-0.2, 0) is 11.8 Å². The maximum Gasteiger partial charge on any atom is 0.194 e. The van der Waals surface area contributed by atoms with Crippen molar-refractivity contribution in [3.63, 3.8) is 0 Å². The fourth-order valence-corrected chi connectivity index (χ4v) is 10.6. The molecule has 0 saturated carbocycles. The molecule has 0 aliphatic heterocycles. The molecule has 2 atom stereocenters. The van der Waals surface area contributed by atoms with Crippen molar-refractivity contribution < 1.29 is 19.8 Å². The minimum atomic E-state index is -1.68. The molecule has 0 saturated heterocycles. The zero-order valence-electron chi connectivity index (χ0n) is 33.3. The molecule has 0 spiro atoms. The van der Waals surface area contributed by atoms with E-state index in [-0.39, 0.29) is 39.4 Å². The van der Waals surface area contributed by atoms with Crippen LogP contribution in [0.4, 0.5) is 0 Å². The first kappa shape index (κ1) is 42.1. The highest BCUT2D eigenvalue weighted by molar-refractivity contribution is 8.00. The number of thioether (sulfide) groups is 1. The molecule has 0 radical (unpaired) electrons. The number of hydrogen-bond donors (Lipinski definition) is 2. The lowest BCUT2D eigenvalue weighted by Crippen LogP contribution is -2.48. The van der Waals surface area contributed by atoms with Crippen molar-refractivity contribution in [2.75, 3.05) is 0 Å². The van der Waals surface area contributed by atoms with E-state index >= 15 is 4.79 Å². The summed E-state index contributed by atoms with van der Waals surface area (Å²) in [4.78, 5) is 30.8. The number of Topliss-reactive ketones (excluding diaryl/α,β-unsaturated/α-hetero) is 2. The quantitative estimate of drug-likeness (QED) is 0.0881. The number of carbonyl (C=O) groups is 2. The average Bonchev–Trinajstić information content (AvgIpc) is 3.14. The van der Waals surface area contributed by atoms with Crippen molar-refractivity contribution in [1.29, 1.82) is 0 Å². The van der Waals surface area contributed by atoms with E-state index in [4.69, 9.17) is 0 Å². The Morgan fingerprint density at radius 1 is 0.685 bits per heavy atom. The Bertz CT molecular complexity index is 1800. The Hall–Kier alpha value is -3.06. The smallest absolute Gasteiger partial charge is 0.194 e. The summed E-state index contributed by atoms with van der Waals surface area (Å²) in [5.41, 5.74) is 2.95. The average molecular weight is 767 g/mol. The molecule has 2 aliphatic rings. The summed E-state index contributed by atoms with van der Waals surface area (Å²) in [5, 5.41) is 25.0. The van der Waals surface area contributed by atoms with Crippen molar-refractivity contribution >= 4 is 35.1 Å². The van der Waals surface area contributed by atoms with E-state index < -0.39 is 10.9 Å². The number of unbranched alkanes of at least 4 members (excludes halogenated alkanes) is 12. The number of rotatable bonds is 20. The number of benzene rings is 3. The predicted molar refractivity (Wildman–Crippen MR) is 227 cm³/mol. The highest BCUT2D eigenvalue weighted by Crippen LogP contribution is 2.55. The molecule has 2 N–H and O–H groups in total. The van der Waals surface area contributed by atoms with Gasteiger partial charge in [-0.1, -0.05) is 184 Å². The number of ketones is 2. The van der Waals surface area contributed by atoms with Crippen LogP contribution in [0.25, 0.3) is 0 Å². The Balaban J connectivity index is 1.56. The summed E-state index contributed by atoms with van der Waals surface area (Å²) in [5.74, 6) is -1.86. The van der Waals surface area contributed by atoms with Gasteiger partial charge in [0.25, 0.3) is 0 Å². The second-order valence-corrected chi connectivity index (χ2v) is 18.7. The zero-order valence-corrected chi connectivity index (χ0v) is 35.0. The van der Waals surface area contributed by atoms with Gasteiger partial charge in [0, 0.05) is 25.8 Å². The lowest BCUT2D eigenvalue weighted by molar-refractivity contribution is 0.0667. The van der Waals surface area contributed by atoms with Gasteiger partial charge in [-0.3, -0.25) is 9.59 Å². The highest BCUT2D eigenvalue weighted by Gasteiger charge is 2.55. The number of phenolic OH excluding ortho intramolecular Hbond substituents is 1. The van der Waals surface area contributed by atoms with E-state index in [0.29, 0.717) is 23.3 Å². The summed E-state index contributed by atoms with van der Waals surface area (Å²) in [6.45, 7) is 10.9. The predicted octanol–water partition coefficient (Wildman–Crippen LogP) is 13.6. The molecule has 4 nitrogen and oxygen atoms in total. The molecule has 6 heteroatoms. The van der Waals surface area contributed by atoms with Crippen LogP contribution < -0.4 is 0 Å². The first-order valence-electron chi connectivity index (χ1n) is 20.6. The van der Waals surface area contributed by atoms with Crippen LogP contribution in [0.1, 0.15) is 163 Å². The third-order valence-electron chi connectivity index (χ3n) is 11.0. The number of aliphatic hydroxyl groups is 1. The van der Waals surface area contributed by atoms with Crippen LogP contribution in [0.2, 0.25) is 0 Å². The number of allylic oxidation sites excluding steroid dienone is 2. The number of carbonyl (C=O) groups excluding carboxylic acids is 2. The molecule has 5 rings (SSSR count). The summed E-state index contributed by atoms with van der Waals surface area (Å²) < 4.78 is 0. The number of fused-ring (bicyclic) bond motifs is 2. The van der Waals surface area contributed by atoms with Gasteiger partial charge in [-0.05, 0) is 72.1 Å². The highest BCUT2D eigenvalue weighted by atomic mass is 32.2.